The number of hydrogen-bond donors (Lipinski definition) is 1. The van der Waals surface area contributed by atoms with Gasteiger partial charge in [0.2, 0.25) is 0 Å². The molecular formula is C26H22FNO5. The molecule has 3 aromatic rings. The average molecular weight is 447 g/mol. The van der Waals surface area contributed by atoms with Crippen LogP contribution in [0, 0.1) is 5.82 Å². The van der Waals surface area contributed by atoms with Gasteiger partial charge in [0.1, 0.15) is 23.1 Å². The first kappa shape index (κ1) is 22.1. The largest absolute Gasteiger partial charge is 0.507 e. The fourth-order valence-corrected chi connectivity index (χ4v) is 3.95. The topological polar surface area (TPSA) is 76.1 Å². The maximum atomic E-state index is 13.4. The Kier molecular flexibility index (Phi) is 6.13. The lowest BCUT2D eigenvalue weighted by molar-refractivity contribution is -0.140. The molecule has 4 rings (SSSR count). The van der Waals surface area contributed by atoms with Gasteiger partial charge >= 0.3 is 0 Å². The molecule has 33 heavy (non-hydrogen) atoms. The van der Waals surface area contributed by atoms with Crippen molar-refractivity contribution in [3.8, 4) is 11.5 Å². The Balaban J connectivity index is 1.87. The first-order valence-corrected chi connectivity index (χ1v) is 10.2. The molecule has 168 valence electrons. The van der Waals surface area contributed by atoms with Gasteiger partial charge in [-0.1, -0.05) is 30.3 Å². The normalized spacial score (nSPS) is 17.3. The number of hydrogen-bond acceptors (Lipinski definition) is 5. The predicted molar refractivity (Wildman–Crippen MR) is 120 cm³/mol. The number of ether oxygens (including phenoxy) is 2. The smallest absolute Gasteiger partial charge is 0.295 e. The van der Waals surface area contributed by atoms with Crippen molar-refractivity contribution in [3.63, 3.8) is 0 Å². The highest BCUT2D eigenvalue weighted by Crippen LogP contribution is 2.43. The number of likely N-dealkylation sites (tertiary alicyclic amines) is 1. The lowest BCUT2D eigenvalue weighted by atomic mass is 9.94. The van der Waals surface area contributed by atoms with E-state index in [1.165, 1.54) is 31.3 Å². The second kappa shape index (κ2) is 9.16. The third-order valence-corrected chi connectivity index (χ3v) is 5.60. The summed E-state index contributed by atoms with van der Waals surface area (Å²) in [5.74, 6) is -1.21. The van der Waals surface area contributed by atoms with Crippen LogP contribution in [0.1, 0.15) is 22.7 Å². The molecule has 0 spiro atoms. The van der Waals surface area contributed by atoms with Crippen LogP contribution in [0.4, 0.5) is 4.39 Å². The van der Waals surface area contributed by atoms with Crippen LogP contribution < -0.4 is 9.47 Å². The molecule has 1 unspecified atom stereocenters. The fraction of sp³-hybridized carbons (Fsp3) is 0.154. The van der Waals surface area contributed by atoms with Crippen LogP contribution in [-0.4, -0.2) is 35.9 Å². The molecule has 1 fully saturated rings. The first-order valence-electron chi connectivity index (χ1n) is 10.2. The zero-order chi connectivity index (χ0) is 23.5. The van der Waals surface area contributed by atoms with Crippen molar-refractivity contribution in [2.75, 3.05) is 14.2 Å². The molecule has 0 saturated carbocycles. The first-order chi connectivity index (χ1) is 15.9. The number of aliphatic hydroxyl groups excluding tert-OH is 1. The van der Waals surface area contributed by atoms with E-state index in [0.717, 1.165) is 0 Å². The van der Waals surface area contributed by atoms with E-state index in [-0.39, 0.29) is 17.9 Å². The molecule has 1 saturated heterocycles. The minimum atomic E-state index is -0.895. The summed E-state index contributed by atoms with van der Waals surface area (Å²) in [5.41, 5.74) is 1.52. The summed E-state index contributed by atoms with van der Waals surface area (Å²) in [6.07, 6.45) is 0. The quantitative estimate of drug-likeness (QED) is 0.343. The zero-order valence-corrected chi connectivity index (χ0v) is 18.1. The van der Waals surface area contributed by atoms with Gasteiger partial charge in [-0.3, -0.25) is 9.59 Å². The van der Waals surface area contributed by atoms with Crippen LogP contribution in [-0.2, 0) is 16.1 Å². The van der Waals surface area contributed by atoms with Crippen molar-refractivity contribution in [2.45, 2.75) is 12.6 Å². The van der Waals surface area contributed by atoms with Gasteiger partial charge in [0.05, 0.1) is 25.8 Å². The van der Waals surface area contributed by atoms with Crippen LogP contribution in [0.15, 0.2) is 78.4 Å². The predicted octanol–water partition coefficient (Wildman–Crippen LogP) is 4.46. The minimum Gasteiger partial charge on any atom is -0.507 e. The SMILES string of the molecule is COc1ccc(/C(O)=C2/C(=O)C(=O)N(Cc3ccc(F)cc3)C2c2ccccc2OC)cc1. The second-order valence-electron chi connectivity index (χ2n) is 7.52. The summed E-state index contributed by atoms with van der Waals surface area (Å²) in [6, 6.07) is 18.3. The number of methoxy groups -OCH3 is 2. The standard InChI is InChI=1S/C26H22FNO5/c1-32-19-13-9-17(10-14-19)24(29)22-23(20-5-3-4-6-21(20)33-2)28(26(31)25(22)30)15-16-7-11-18(27)12-8-16/h3-14,23,29H,15H2,1-2H3/b24-22-. The third kappa shape index (κ3) is 4.17. The highest BCUT2D eigenvalue weighted by Gasteiger charge is 2.47. The van der Waals surface area contributed by atoms with E-state index in [4.69, 9.17) is 9.47 Å². The molecule has 6 nitrogen and oxygen atoms in total. The number of aliphatic hydroxyl groups is 1. The number of carbonyl (C=O) groups is 2. The van der Waals surface area contributed by atoms with E-state index in [2.05, 4.69) is 0 Å². The van der Waals surface area contributed by atoms with Crippen molar-refractivity contribution in [1.82, 2.24) is 4.90 Å². The van der Waals surface area contributed by atoms with E-state index >= 15 is 0 Å². The van der Waals surface area contributed by atoms with Gasteiger partial charge in [-0.05, 0) is 48.0 Å². The molecule has 7 heteroatoms. The van der Waals surface area contributed by atoms with Crippen LogP contribution in [0.5, 0.6) is 11.5 Å². The monoisotopic (exact) mass is 447 g/mol. The summed E-state index contributed by atoms with van der Waals surface area (Å²) >= 11 is 0. The van der Waals surface area contributed by atoms with Crippen molar-refractivity contribution >= 4 is 17.4 Å². The second-order valence-corrected chi connectivity index (χ2v) is 7.52. The van der Waals surface area contributed by atoms with E-state index in [0.29, 0.717) is 28.2 Å². The van der Waals surface area contributed by atoms with Gasteiger partial charge in [0, 0.05) is 17.7 Å². The van der Waals surface area contributed by atoms with Crippen LogP contribution in [0.2, 0.25) is 0 Å². The number of ketones is 1. The molecular weight excluding hydrogens is 425 g/mol. The summed E-state index contributed by atoms with van der Waals surface area (Å²) in [5, 5.41) is 11.1. The highest BCUT2D eigenvalue weighted by atomic mass is 19.1. The van der Waals surface area contributed by atoms with Gasteiger partial charge in [-0.25, -0.2) is 4.39 Å². The summed E-state index contributed by atoms with van der Waals surface area (Å²) in [6.45, 7) is 0.0486. The van der Waals surface area contributed by atoms with Gasteiger partial charge < -0.3 is 19.5 Å². The number of amides is 1. The van der Waals surface area contributed by atoms with E-state index in [1.54, 1.807) is 60.7 Å². The van der Waals surface area contributed by atoms with E-state index in [9.17, 15) is 19.1 Å². The third-order valence-electron chi connectivity index (χ3n) is 5.60. The van der Waals surface area contributed by atoms with Crippen LogP contribution in [0.3, 0.4) is 0 Å². The van der Waals surface area contributed by atoms with Crippen molar-refractivity contribution in [3.05, 3.63) is 101 Å². The van der Waals surface area contributed by atoms with Gasteiger partial charge in [-0.2, -0.15) is 0 Å². The van der Waals surface area contributed by atoms with Crippen molar-refractivity contribution in [1.29, 1.82) is 0 Å². The molecule has 0 aromatic heterocycles. The number of halogens is 1. The molecule has 0 aliphatic carbocycles. The Labute approximate surface area is 190 Å². The Morgan fingerprint density at radius 1 is 0.939 bits per heavy atom. The summed E-state index contributed by atoms with van der Waals surface area (Å²) in [4.78, 5) is 27.6. The maximum Gasteiger partial charge on any atom is 0.295 e. The Morgan fingerprint density at radius 2 is 1.61 bits per heavy atom. The molecule has 1 heterocycles. The lowest BCUT2D eigenvalue weighted by Gasteiger charge is -2.26. The maximum absolute atomic E-state index is 13.4. The van der Waals surface area contributed by atoms with Crippen molar-refractivity contribution in [2.24, 2.45) is 0 Å². The number of para-hydroxylation sites is 1. The number of Topliss-reactive ketones (excluding diaryl/α,β-unsaturated/α-hetero) is 1. The number of rotatable bonds is 6. The van der Waals surface area contributed by atoms with E-state index < -0.39 is 23.5 Å². The van der Waals surface area contributed by atoms with Crippen molar-refractivity contribution < 1.29 is 28.6 Å². The highest BCUT2D eigenvalue weighted by molar-refractivity contribution is 6.46. The molecule has 1 N–H and O–H groups in total. The lowest BCUT2D eigenvalue weighted by Crippen LogP contribution is -2.29. The van der Waals surface area contributed by atoms with E-state index in [1.807, 2.05) is 0 Å². The Bertz CT molecular complexity index is 1220. The summed E-state index contributed by atoms with van der Waals surface area (Å²) in [7, 11) is 3.02. The van der Waals surface area contributed by atoms with Gasteiger partial charge in [0.25, 0.3) is 11.7 Å². The van der Waals surface area contributed by atoms with Gasteiger partial charge in [-0.15, -0.1) is 0 Å². The zero-order valence-electron chi connectivity index (χ0n) is 18.1. The number of benzene rings is 3. The molecule has 1 aliphatic heterocycles. The molecule has 1 atom stereocenters. The molecule has 1 amide bonds. The number of carbonyl (C=O) groups excluding carboxylic acids is 2. The number of nitrogens with zero attached hydrogens (tertiary/aromatic N) is 1. The fourth-order valence-electron chi connectivity index (χ4n) is 3.95. The molecule has 3 aromatic carbocycles. The molecule has 1 aliphatic rings. The van der Waals surface area contributed by atoms with Crippen LogP contribution in [0.25, 0.3) is 5.76 Å². The average Bonchev–Trinajstić information content (AvgIpc) is 3.09. The Morgan fingerprint density at radius 3 is 2.24 bits per heavy atom. The molecule has 0 bridgehead atoms. The summed E-state index contributed by atoms with van der Waals surface area (Å²) < 4.78 is 24.0. The molecule has 0 radical (unpaired) electrons. The minimum absolute atomic E-state index is 0.0446. The Hall–Kier alpha value is -4.13. The van der Waals surface area contributed by atoms with Crippen LogP contribution >= 0.6 is 0 Å². The van der Waals surface area contributed by atoms with Gasteiger partial charge in [0.15, 0.2) is 0 Å².